The molecule has 1 fully saturated rings. The van der Waals surface area contributed by atoms with Gasteiger partial charge in [0.15, 0.2) is 0 Å². The Hall–Kier alpha value is -0.0800. The minimum atomic E-state index is -0.225. The summed E-state index contributed by atoms with van der Waals surface area (Å²) in [5, 5.41) is 9.74. The minimum absolute atomic E-state index is 0.0434. The molecule has 72 valence electrons. The molecule has 2 unspecified atom stereocenters. The van der Waals surface area contributed by atoms with Gasteiger partial charge >= 0.3 is 0 Å². The lowest BCUT2D eigenvalue weighted by Gasteiger charge is -2.39. The summed E-state index contributed by atoms with van der Waals surface area (Å²) in [5.41, 5.74) is 0.262. The molecule has 2 atom stereocenters. The van der Waals surface area contributed by atoms with Crippen molar-refractivity contribution in [2.45, 2.75) is 33.8 Å². The van der Waals surface area contributed by atoms with Gasteiger partial charge in [0.25, 0.3) is 0 Å². The zero-order chi connectivity index (χ0) is 9.57. The highest BCUT2D eigenvalue weighted by molar-refractivity contribution is 5.01. The molecule has 2 heteroatoms. The molecular formula is C10H21NO. The molecule has 0 aromatic heterocycles. The fraction of sp³-hybridized carbons (Fsp3) is 1.00. The Morgan fingerprint density at radius 1 is 1.25 bits per heavy atom. The lowest BCUT2D eigenvalue weighted by Crippen LogP contribution is -2.42. The Bertz CT molecular complexity index is 177. The van der Waals surface area contributed by atoms with Gasteiger partial charge in [0.05, 0.1) is 6.10 Å². The number of rotatable bonds is 1. The second-order valence-corrected chi connectivity index (χ2v) is 5.15. The van der Waals surface area contributed by atoms with E-state index >= 15 is 0 Å². The van der Waals surface area contributed by atoms with Crippen LogP contribution in [0.3, 0.4) is 0 Å². The minimum Gasteiger partial charge on any atom is -0.393 e. The number of aliphatic hydroxyl groups excluding tert-OH is 1. The maximum absolute atomic E-state index is 9.74. The van der Waals surface area contributed by atoms with E-state index in [1.807, 2.05) is 6.92 Å². The van der Waals surface area contributed by atoms with Crippen molar-refractivity contribution >= 4 is 0 Å². The largest absolute Gasteiger partial charge is 0.393 e. The lowest BCUT2D eigenvalue weighted by atomic mass is 9.66. The first-order chi connectivity index (χ1) is 5.29. The molecule has 1 aliphatic heterocycles. The number of aliphatic hydroxyl groups is 1. The fourth-order valence-corrected chi connectivity index (χ4v) is 2.38. The van der Waals surface area contributed by atoms with Crippen LogP contribution in [0.25, 0.3) is 0 Å². The standard InChI is InChI=1S/C10H21NO/c1-8(12)10(4)7-11(5)6-9(10,2)3/h8,12H,6-7H2,1-5H3. The zero-order valence-electron chi connectivity index (χ0n) is 8.89. The Kier molecular flexibility index (Phi) is 2.26. The van der Waals surface area contributed by atoms with Crippen molar-refractivity contribution in [2.75, 3.05) is 20.1 Å². The Labute approximate surface area is 75.6 Å². The molecule has 1 N–H and O–H groups in total. The van der Waals surface area contributed by atoms with Crippen molar-refractivity contribution in [1.29, 1.82) is 0 Å². The van der Waals surface area contributed by atoms with Gasteiger partial charge in [0, 0.05) is 18.5 Å². The van der Waals surface area contributed by atoms with E-state index in [4.69, 9.17) is 0 Å². The molecule has 12 heavy (non-hydrogen) atoms. The number of hydrogen-bond donors (Lipinski definition) is 1. The van der Waals surface area contributed by atoms with Gasteiger partial charge in [-0.15, -0.1) is 0 Å². The van der Waals surface area contributed by atoms with Crippen LogP contribution in [0, 0.1) is 10.8 Å². The molecule has 0 saturated carbocycles. The first-order valence-electron chi connectivity index (χ1n) is 4.66. The Morgan fingerprint density at radius 2 is 1.75 bits per heavy atom. The highest BCUT2D eigenvalue weighted by Gasteiger charge is 2.50. The average molecular weight is 171 g/mol. The van der Waals surface area contributed by atoms with Crippen LogP contribution in [0.2, 0.25) is 0 Å². The van der Waals surface area contributed by atoms with E-state index in [0.717, 1.165) is 13.1 Å². The van der Waals surface area contributed by atoms with Gasteiger partial charge in [-0.25, -0.2) is 0 Å². The summed E-state index contributed by atoms with van der Waals surface area (Å²) in [5.74, 6) is 0. The normalized spacial score (nSPS) is 38.5. The predicted molar refractivity (Wildman–Crippen MR) is 51.1 cm³/mol. The van der Waals surface area contributed by atoms with Crippen molar-refractivity contribution in [3.8, 4) is 0 Å². The Morgan fingerprint density at radius 3 is 1.92 bits per heavy atom. The molecule has 0 radical (unpaired) electrons. The molecule has 1 saturated heterocycles. The second-order valence-electron chi connectivity index (χ2n) is 5.15. The SMILES string of the molecule is CC(O)C1(C)CN(C)CC1(C)C. The third-order valence-electron chi connectivity index (χ3n) is 3.73. The van der Waals surface area contributed by atoms with Gasteiger partial charge < -0.3 is 10.0 Å². The quantitative estimate of drug-likeness (QED) is 0.643. The first-order valence-corrected chi connectivity index (χ1v) is 4.66. The first kappa shape index (κ1) is 10.0. The van der Waals surface area contributed by atoms with E-state index in [0.29, 0.717) is 0 Å². The van der Waals surface area contributed by atoms with Crippen LogP contribution in [0.1, 0.15) is 27.7 Å². The maximum atomic E-state index is 9.74. The zero-order valence-corrected chi connectivity index (χ0v) is 8.89. The van der Waals surface area contributed by atoms with Gasteiger partial charge in [-0.05, 0) is 19.4 Å². The predicted octanol–water partition coefficient (Wildman–Crippen LogP) is 1.35. The average Bonchev–Trinajstić information content (AvgIpc) is 2.02. The van der Waals surface area contributed by atoms with Crippen molar-refractivity contribution in [3.63, 3.8) is 0 Å². The second kappa shape index (κ2) is 2.71. The molecule has 0 bridgehead atoms. The van der Waals surface area contributed by atoms with Crippen molar-refractivity contribution in [2.24, 2.45) is 10.8 Å². The van der Waals surface area contributed by atoms with Gasteiger partial charge in [-0.3, -0.25) is 0 Å². The maximum Gasteiger partial charge on any atom is 0.0583 e. The van der Waals surface area contributed by atoms with Gasteiger partial charge in [0.2, 0.25) is 0 Å². The highest BCUT2D eigenvalue weighted by atomic mass is 16.3. The van der Waals surface area contributed by atoms with E-state index in [9.17, 15) is 5.11 Å². The van der Waals surface area contributed by atoms with E-state index in [2.05, 4.69) is 32.7 Å². The lowest BCUT2D eigenvalue weighted by molar-refractivity contribution is -0.00367. The third kappa shape index (κ3) is 1.27. The molecule has 1 rings (SSSR count). The van der Waals surface area contributed by atoms with Gasteiger partial charge in [0.1, 0.15) is 0 Å². The highest BCUT2D eigenvalue weighted by Crippen LogP contribution is 2.47. The molecule has 0 spiro atoms. The van der Waals surface area contributed by atoms with Crippen LogP contribution >= 0.6 is 0 Å². The van der Waals surface area contributed by atoms with E-state index in [1.165, 1.54) is 0 Å². The molecule has 0 aromatic carbocycles. The fourth-order valence-electron chi connectivity index (χ4n) is 2.38. The number of likely N-dealkylation sites (tertiary alicyclic amines) is 1. The molecule has 2 nitrogen and oxygen atoms in total. The van der Waals surface area contributed by atoms with Crippen LogP contribution in [-0.2, 0) is 0 Å². The topological polar surface area (TPSA) is 23.5 Å². The van der Waals surface area contributed by atoms with Crippen LogP contribution in [0.15, 0.2) is 0 Å². The van der Waals surface area contributed by atoms with Gasteiger partial charge in [-0.2, -0.15) is 0 Å². The van der Waals surface area contributed by atoms with Crippen molar-refractivity contribution in [3.05, 3.63) is 0 Å². The molecule has 0 amide bonds. The summed E-state index contributed by atoms with van der Waals surface area (Å²) >= 11 is 0. The summed E-state index contributed by atoms with van der Waals surface area (Å²) in [6.45, 7) is 10.6. The van der Waals surface area contributed by atoms with Crippen LogP contribution in [0.4, 0.5) is 0 Å². The summed E-state index contributed by atoms with van der Waals surface area (Å²) in [7, 11) is 2.12. The summed E-state index contributed by atoms with van der Waals surface area (Å²) in [6, 6.07) is 0. The summed E-state index contributed by atoms with van der Waals surface area (Å²) in [6.07, 6.45) is -0.225. The molecule has 1 aliphatic rings. The Balaban J connectivity index is 2.90. The van der Waals surface area contributed by atoms with E-state index in [-0.39, 0.29) is 16.9 Å². The van der Waals surface area contributed by atoms with Gasteiger partial charge in [-0.1, -0.05) is 20.8 Å². The third-order valence-corrected chi connectivity index (χ3v) is 3.73. The smallest absolute Gasteiger partial charge is 0.0583 e. The number of hydrogen-bond acceptors (Lipinski definition) is 2. The molecular weight excluding hydrogens is 150 g/mol. The molecule has 1 heterocycles. The monoisotopic (exact) mass is 171 g/mol. The summed E-state index contributed by atoms with van der Waals surface area (Å²) in [4.78, 5) is 2.30. The number of nitrogens with zero attached hydrogens (tertiary/aromatic N) is 1. The summed E-state index contributed by atoms with van der Waals surface area (Å²) < 4.78 is 0. The van der Waals surface area contributed by atoms with Crippen LogP contribution < -0.4 is 0 Å². The molecule has 0 aliphatic carbocycles. The van der Waals surface area contributed by atoms with Crippen molar-refractivity contribution < 1.29 is 5.11 Å². The van der Waals surface area contributed by atoms with E-state index in [1.54, 1.807) is 0 Å². The molecule has 0 aromatic rings. The van der Waals surface area contributed by atoms with Crippen LogP contribution in [-0.4, -0.2) is 36.2 Å². The van der Waals surface area contributed by atoms with Crippen LogP contribution in [0.5, 0.6) is 0 Å². The van der Waals surface area contributed by atoms with E-state index < -0.39 is 0 Å². The van der Waals surface area contributed by atoms with Crippen molar-refractivity contribution in [1.82, 2.24) is 4.90 Å².